The number of hydrogen-bond donors (Lipinski definition) is 3. The van der Waals surface area contributed by atoms with Crippen molar-refractivity contribution in [1.82, 2.24) is 4.72 Å². The highest BCUT2D eigenvalue weighted by Crippen LogP contribution is 2.16. The fraction of sp³-hybridized carbons (Fsp3) is 0.462. The fourth-order valence-electron chi connectivity index (χ4n) is 1.72. The van der Waals surface area contributed by atoms with E-state index in [2.05, 4.69) is 9.88 Å². The highest BCUT2D eigenvalue weighted by molar-refractivity contribution is 7.89. The van der Waals surface area contributed by atoms with Gasteiger partial charge in [-0.1, -0.05) is 49.3 Å². The lowest BCUT2D eigenvalue weighted by Crippen LogP contribution is -2.36. The Bertz CT molecular complexity index is 543. The molecule has 7 heteroatoms. The van der Waals surface area contributed by atoms with Crippen molar-refractivity contribution >= 4 is 15.9 Å². The summed E-state index contributed by atoms with van der Waals surface area (Å²) < 4.78 is 26.4. The summed E-state index contributed by atoms with van der Waals surface area (Å²) in [7, 11) is -3.41. The number of amidine groups is 1. The fourth-order valence-corrected chi connectivity index (χ4v) is 3.19. The average Bonchev–Trinajstić information content (AvgIpc) is 2.44. The van der Waals surface area contributed by atoms with Gasteiger partial charge in [-0.3, -0.25) is 0 Å². The van der Waals surface area contributed by atoms with Gasteiger partial charge < -0.3 is 10.9 Å². The number of nitrogens with one attached hydrogen (secondary N) is 1. The molecule has 0 radical (unpaired) electrons. The third-order valence-electron chi connectivity index (χ3n) is 3.07. The SMILES string of the molecule is CC(CNS(=O)(=O)CC(C)c1ccccc1)/C(N)=N/O. The van der Waals surface area contributed by atoms with Gasteiger partial charge in [-0.25, -0.2) is 13.1 Å². The number of rotatable bonds is 7. The van der Waals surface area contributed by atoms with Crippen LogP contribution in [-0.4, -0.2) is 31.8 Å². The van der Waals surface area contributed by atoms with Crippen LogP contribution in [0.1, 0.15) is 25.3 Å². The van der Waals surface area contributed by atoms with Gasteiger partial charge in [0.1, 0.15) is 5.84 Å². The largest absolute Gasteiger partial charge is 0.409 e. The lowest BCUT2D eigenvalue weighted by molar-refractivity contribution is 0.314. The molecular formula is C13H21N3O3S. The second-order valence-electron chi connectivity index (χ2n) is 4.87. The summed E-state index contributed by atoms with van der Waals surface area (Å²) >= 11 is 0. The molecule has 0 fully saturated rings. The standard InChI is InChI=1S/C13H21N3O3S/c1-10(13(14)16-17)8-15-20(18,19)9-11(2)12-6-4-3-5-7-12/h3-7,10-11,15,17H,8-9H2,1-2H3,(H2,14,16). The van der Waals surface area contributed by atoms with E-state index < -0.39 is 10.0 Å². The van der Waals surface area contributed by atoms with Crippen LogP contribution in [0.3, 0.4) is 0 Å². The van der Waals surface area contributed by atoms with E-state index in [0.717, 1.165) is 5.56 Å². The molecule has 0 aromatic heterocycles. The molecule has 1 aromatic carbocycles. The topological polar surface area (TPSA) is 105 Å². The average molecular weight is 299 g/mol. The van der Waals surface area contributed by atoms with Crippen LogP contribution < -0.4 is 10.5 Å². The Morgan fingerprint density at radius 1 is 1.35 bits per heavy atom. The van der Waals surface area contributed by atoms with Crippen LogP contribution in [0, 0.1) is 5.92 Å². The molecule has 0 aliphatic carbocycles. The minimum Gasteiger partial charge on any atom is -0.409 e. The summed E-state index contributed by atoms with van der Waals surface area (Å²) in [5.74, 6) is -0.460. The molecule has 0 saturated heterocycles. The van der Waals surface area contributed by atoms with Gasteiger partial charge in [0.05, 0.1) is 5.75 Å². The summed E-state index contributed by atoms with van der Waals surface area (Å²) in [5, 5.41) is 11.4. The van der Waals surface area contributed by atoms with E-state index in [1.165, 1.54) is 0 Å². The molecular weight excluding hydrogens is 278 g/mol. The molecule has 0 saturated carbocycles. The van der Waals surface area contributed by atoms with Crippen molar-refractivity contribution in [1.29, 1.82) is 0 Å². The monoisotopic (exact) mass is 299 g/mol. The van der Waals surface area contributed by atoms with Crippen LogP contribution >= 0.6 is 0 Å². The number of nitrogens with two attached hydrogens (primary N) is 1. The third kappa shape index (κ3) is 5.18. The van der Waals surface area contributed by atoms with Gasteiger partial charge in [-0.2, -0.15) is 0 Å². The number of sulfonamides is 1. The van der Waals surface area contributed by atoms with Crippen LogP contribution in [0.15, 0.2) is 35.5 Å². The van der Waals surface area contributed by atoms with Crippen molar-refractivity contribution in [3.05, 3.63) is 35.9 Å². The van der Waals surface area contributed by atoms with Crippen LogP contribution in [0.4, 0.5) is 0 Å². The summed E-state index contributed by atoms with van der Waals surface area (Å²) in [6, 6.07) is 9.46. The Labute approximate surface area is 119 Å². The highest BCUT2D eigenvalue weighted by atomic mass is 32.2. The molecule has 0 heterocycles. The van der Waals surface area contributed by atoms with Gasteiger partial charge in [-0.05, 0) is 11.5 Å². The Morgan fingerprint density at radius 2 is 1.95 bits per heavy atom. The predicted molar refractivity (Wildman–Crippen MR) is 79.2 cm³/mol. The normalized spacial score (nSPS) is 15.8. The van der Waals surface area contributed by atoms with Crippen molar-refractivity contribution in [2.45, 2.75) is 19.8 Å². The lowest BCUT2D eigenvalue weighted by Gasteiger charge is -2.15. The van der Waals surface area contributed by atoms with Crippen LogP contribution in [0.25, 0.3) is 0 Å². The van der Waals surface area contributed by atoms with Gasteiger partial charge in [0, 0.05) is 12.5 Å². The minimum absolute atomic E-state index is 0.0000933. The molecule has 2 unspecified atom stereocenters. The zero-order valence-corrected chi connectivity index (χ0v) is 12.5. The van der Waals surface area contributed by atoms with Crippen LogP contribution in [-0.2, 0) is 10.0 Å². The van der Waals surface area contributed by atoms with Gasteiger partial charge in [0.25, 0.3) is 0 Å². The molecule has 0 aliphatic heterocycles. The molecule has 20 heavy (non-hydrogen) atoms. The zero-order valence-electron chi connectivity index (χ0n) is 11.7. The van der Waals surface area contributed by atoms with Gasteiger partial charge in [0.15, 0.2) is 0 Å². The van der Waals surface area contributed by atoms with E-state index in [9.17, 15) is 8.42 Å². The molecule has 0 amide bonds. The van der Waals surface area contributed by atoms with Gasteiger partial charge in [0.2, 0.25) is 10.0 Å². The van der Waals surface area contributed by atoms with Gasteiger partial charge in [-0.15, -0.1) is 0 Å². The maximum Gasteiger partial charge on any atom is 0.212 e. The molecule has 2 atom stereocenters. The van der Waals surface area contributed by atoms with Crippen molar-refractivity contribution in [2.75, 3.05) is 12.3 Å². The van der Waals surface area contributed by atoms with Crippen LogP contribution in [0.5, 0.6) is 0 Å². The van der Waals surface area contributed by atoms with Crippen molar-refractivity contribution < 1.29 is 13.6 Å². The third-order valence-corrected chi connectivity index (χ3v) is 4.61. The second kappa shape index (κ2) is 7.25. The van der Waals surface area contributed by atoms with E-state index in [-0.39, 0.29) is 30.0 Å². The smallest absolute Gasteiger partial charge is 0.212 e. The molecule has 0 spiro atoms. The Kier molecular flexibility index (Phi) is 5.97. The summed E-state index contributed by atoms with van der Waals surface area (Å²) in [5.41, 5.74) is 6.38. The Morgan fingerprint density at radius 3 is 2.50 bits per heavy atom. The van der Waals surface area contributed by atoms with Crippen molar-refractivity contribution in [3.63, 3.8) is 0 Å². The summed E-state index contributed by atoms with van der Waals surface area (Å²) in [6.07, 6.45) is 0. The van der Waals surface area contributed by atoms with Crippen molar-refractivity contribution in [3.8, 4) is 0 Å². The number of benzene rings is 1. The maximum atomic E-state index is 12.0. The van der Waals surface area contributed by atoms with Gasteiger partial charge >= 0.3 is 0 Å². The maximum absolute atomic E-state index is 12.0. The molecule has 6 nitrogen and oxygen atoms in total. The molecule has 4 N–H and O–H groups in total. The number of nitrogens with zero attached hydrogens (tertiary/aromatic N) is 1. The number of hydrogen-bond acceptors (Lipinski definition) is 4. The molecule has 112 valence electrons. The van der Waals surface area contributed by atoms with E-state index in [1.807, 2.05) is 37.3 Å². The number of oxime groups is 1. The van der Waals surface area contributed by atoms with Crippen molar-refractivity contribution in [2.24, 2.45) is 16.8 Å². The molecule has 1 rings (SSSR count). The quantitative estimate of drug-likeness (QED) is 0.303. The second-order valence-corrected chi connectivity index (χ2v) is 6.72. The van der Waals surface area contributed by atoms with E-state index in [0.29, 0.717) is 0 Å². The minimum atomic E-state index is -3.41. The zero-order chi connectivity index (χ0) is 15.2. The summed E-state index contributed by atoms with van der Waals surface area (Å²) in [4.78, 5) is 0. The first-order valence-electron chi connectivity index (χ1n) is 6.35. The lowest BCUT2D eigenvalue weighted by atomic mass is 10.0. The molecule has 0 bridgehead atoms. The van der Waals surface area contributed by atoms with E-state index >= 15 is 0 Å². The highest BCUT2D eigenvalue weighted by Gasteiger charge is 2.18. The first kappa shape index (κ1) is 16.5. The predicted octanol–water partition coefficient (Wildman–Crippen LogP) is 1.09. The Hall–Kier alpha value is -1.60. The first-order chi connectivity index (χ1) is 9.35. The van der Waals surface area contributed by atoms with E-state index in [1.54, 1.807) is 6.92 Å². The van der Waals surface area contributed by atoms with Crippen LogP contribution in [0.2, 0.25) is 0 Å². The molecule has 1 aromatic rings. The Balaban J connectivity index is 2.58. The summed E-state index contributed by atoms with van der Waals surface area (Å²) in [6.45, 7) is 3.65. The van der Waals surface area contributed by atoms with E-state index in [4.69, 9.17) is 10.9 Å². The first-order valence-corrected chi connectivity index (χ1v) is 8.00. The molecule has 0 aliphatic rings.